The first-order chi connectivity index (χ1) is 17.5. The van der Waals surface area contributed by atoms with Gasteiger partial charge >= 0.3 is 12.1 Å². The van der Waals surface area contributed by atoms with Gasteiger partial charge in [-0.2, -0.15) is 13.2 Å². The van der Waals surface area contributed by atoms with Gasteiger partial charge in [0.05, 0.1) is 36.6 Å². The first kappa shape index (κ1) is 26.5. The van der Waals surface area contributed by atoms with E-state index >= 15 is 0 Å². The van der Waals surface area contributed by atoms with Crippen molar-refractivity contribution in [2.24, 2.45) is 0 Å². The molecule has 37 heavy (non-hydrogen) atoms. The summed E-state index contributed by atoms with van der Waals surface area (Å²) >= 11 is 0. The normalized spacial score (nSPS) is 15.9. The van der Waals surface area contributed by atoms with Gasteiger partial charge in [0.2, 0.25) is 5.91 Å². The third kappa shape index (κ3) is 5.72. The highest BCUT2D eigenvalue weighted by Gasteiger charge is 2.37. The van der Waals surface area contributed by atoms with Gasteiger partial charge < -0.3 is 29.8 Å². The number of aliphatic hydroxyl groups is 1. The number of halogens is 3. The van der Waals surface area contributed by atoms with Crippen LogP contribution in [0.25, 0.3) is 10.9 Å². The lowest BCUT2D eigenvalue weighted by atomic mass is 9.83. The number of alkyl halides is 3. The van der Waals surface area contributed by atoms with Crippen molar-refractivity contribution in [2.45, 2.75) is 31.0 Å². The maximum absolute atomic E-state index is 13.1. The number of amides is 1. The number of likely N-dealkylation sites (tertiary alicyclic amines) is 1. The van der Waals surface area contributed by atoms with Crippen LogP contribution in [0, 0.1) is 0 Å². The van der Waals surface area contributed by atoms with E-state index in [1.807, 2.05) is 4.90 Å². The van der Waals surface area contributed by atoms with Crippen LogP contribution in [0.2, 0.25) is 0 Å². The number of hydrogen-bond donors (Lipinski definition) is 3. The molecule has 1 amide bonds. The third-order valence-corrected chi connectivity index (χ3v) is 6.73. The molecule has 0 radical (unpaired) electrons. The molecule has 1 aliphatic heterocycles. The Bertz CT molecular complexity index is 1300. The molecule has 0 saturated carbocycles. The van der Waals surface area contributed by atoms with Gasteiger partial charge in [0.25, 0.3) is 0 Å². The molecule has 0 atom stereocenters. The van der Waals surface area contributed by atoms with Crippen LogP contribution < -0.4 is 10.1 Å². The molecule has 1 fully saturated rings. The number of nitrogens with one attached hydrogen (secondary N) is 2. The molecule has 4 rings (SSSR count). The summed E-state index contributed by atoms with van der Waals surface area (Å²) in [6.45, 7) is 1.22. The average Bonchev–Trinajstić information content (AvgIpc) is 3.24. The Hall–Kier alpha value is -3.57. The molecule has 3 N–H and O–H groups in total. The number of hydrogen-bond acceptors (Lipinski definition) is 6. The second-order valence-electron chi connectivity index (χ2n) is 9.03. The number of esters is 1. The predicted molar refractivity (Wildman–Crippen MR) is 130 cm³/mol. The van der Waals surface area contributed by atoms with Crippen LogP contribution in [0.3, 0.4) is 0 Å². The number of H-pyrrole nitrogens is 1. The van der Waals surface area contributed by atoms with Gasteiger partial charge in [-0.3, -0.25) is 4.79 Å². The number of carbonyl (C=O) groups is 2. The topological polar surface area (TPSA) is 104 Å². The maximum atomic E-state index is 13.1. The van der Waals surface area contributed by atoms with E-state index in [-0.39, 0.29) is 36.4 Å². The van der Waals surface area contributed by atoms with Crippen LogP contribution >= 0.6 is 0 Å². The van der Waals surface area contributed by atoms with Gasteiger partial charge in [-0.15, -0.1) is 0 Å². The number of carbonyl (C=O) groups excluding carboxylic acids is 2. The largest absolute Gasteiger partial charge is 0.497 e. The molecule has 1 saturated heterocycles. The van der Waals surface area contributed by atoms with Crippen molar-refractivity contribution in [1.29, 1.82) is 0 Å². The van der Waals surface area contributed by atoms with Gasteiger partial charge in [-0.1, -0.05) is 12.1 Å². The molecule has 0 bridgehead atoms. The number of piperidine rings is 1. The summed E-state index contributed by atoms with van der Waals surface area (Å²) in [6.07, 6.45) is -3.88. The zero-order valence-corrected chi connectivity index (χ0v) is 20.4. The molecule has 1 aromatic heterocycles. The highest BCUT2D eigenvalue weighted by atomic mass is 19.4. The molecule has 11 heteroatoms. The zero-order chi connectivity index (χ0) is 26.8. The summed E-state index contributed by atoms with van der Waals surface area (Å²) in [5.41, 5.74) is -0.888. The fourth-order valence-corrected chi connectivity index (χ4v) is 4.57. The smallest absolute Gasteiger partial charge is 0.416 e. The highest BCUT2D eigenvalue weighted by molar-refractivity contribution is 6.11. The summed E-state index contributed by atoms with van der Waals surface area (Å²) in [7, 11) is 2.77. The quantitative estimate of drug-likeness (QED) is 0.403. The summed E-state index contributed by atoms with van der Waals surface area (Å²) in [5, 5.41) is 14.4. The molecule has 8 nitrogen and oxygen atoms in total. The molecule has 198 valence electrons. The highest BCUT2D eigenvalue weighted by Crippen LogP contribution is 2.37. The van der Waals surface area contributed by atoms with Crippen LogP contribution in [-0.4, -0.2) is 60.7 Å². The number of fused-ring (bicyclic) bond motifs is 1. The first-order valence-corrected chi connectivity index (χ1v) is 11.7. The van der Waals surface area contributed by atoms with Crippen molar-refractivity contribution < 1.29 is 37.3 Å². The summed E-state index contributed by atoms with van der Waals surface area (Å²) in [4.78, 5) is 30.0. The zero-order valence-electron chi connectivity index (χ0n) is 20.4. The molecule has 1 aliphatic rings. The van der Waals surface area contributed by atoms with Crippen LogP contribution in [0.4, 0.5) is 18.9 Å². The van der Waals surface area contributed by atoms with Crippen molar-refractivity contribution in [2.75, 3.05) is 39.2 Å². The number of benzene rings is 2. The van der Waals surface area contributed by atoms with E-state index < -0.39 is 23.3 Å². The second kappa shape index (κ2) is 10.4. The van der Waals surface area contributed by atoms with E-state index in [1.165, 1.54) is 26.4 Å². The van der Waals surface area contributed by atoms with Crippen molar-refractivity contribution in [3.63, 3.8) is 0 Å². The van der Waals surface area contributed by atoms with Crippen molar-refractivity contribution in [3.8, 4) is 5.75 Å². The van der Waals surface area contributed by atoms with Crippen molar-refractivity contribution in [3.05, 3.63) is 59.3 Å². The fourth-order valence-electron chi connectivity index (χ4n) is 4.57. The van der Waals surface area contributed by atoms with E-state index in [9.17, 15) is 27.9 Å². The van der Waals surface area contributed by atoms with E-state index in [0.717, 1.165) is 12.1 Å². The van der Waals surface area contributed by atoms with Crippen LogP contribution in [0.5, 0.6) is 5.75 Å². The molecule has 0 spiro atoms. The van der Waals surface area contributed by atoms with Crippen LogP contribution in [0.1, 0.15) is 40.9 Å². The van der Waals surface area contributed by atoms with Gasteiger partial charge in [-0.25, -0.2) is 4.79 Å². The molecular formula is C26H28F3N3O5. The Labute approximate surface area is 211 Å². The minimum absolute atomic E-state index is 0.114. The Kier molecular flexibility index (Phi) is 7.47. The van der Waals surface area contributed by atoms with Gasteiger partial charge in [0, 0.05) is 37.5 Å². The number of rotatable bonds is 7. The lowest BCUT2D eigenvalue weighted by Gasteiger charge is -2.38. The number of ether oxygens (including phenoxy) is 2. The molecular weight excluding hydrogens is 491 g/mol. The number of methoxy groups -OCH3 is 2. The van der Waals surface area contributed by atoms with E-state index in [2.05, 4.69) is 10.3 Å². The molecule has 0 unspecified atom stereocenters. The minimum Gasteiger partial charge on any atom is -0.497 e. The van der Waals surface area contributed by atoms with Crippen molar-refractivity contribution >= 4 is 28.5 Å². The van der Waals surface area contributed by atoms with Crippen LogP contribution in [-0.2, 0) is 21.3 Å². The van der Waals surface area contributed by atoms with E-state index in [0.29, 0.717) is 42.0 Å². The third-order valence-electron chi connectivity index (χ3n) is 6.73. The summed E-state index contributed by atoms with van der Waals surface area (Å²) in [6, 6.07) is 9.94. The van der Waals surface area contributed by atoms with Gasteiger partial charge in [0.15, 0.2) is 0 Å². The predicted octanol–water partition coefficient (Wildman–Crippen LogP) is 4.29. The first-order valence-electron chi connectivity index (χ1n) is 11.7. The standard InChI is InChI=1S/C26H28F3N3O5/c1-36-18-6-7-19-20(15-18)30-23(24(34)37-2)22(19)31-21(33)8-11-32-12-9-25(35,10-13-32)16-4-3-5-17(14-16)26(27,28)29/h3-7,14-15,30,35H,8-13H2,1-2H3,(H,31,33). The number of anilines is 1. The van der Waals surface area contributed by atoms with Crippen LogP contribution in [0.15, 0.2) is 42.5 Å². The Balaban J connectivity index is 1.38. The Morgan fingerprint density at radius 2 is 1.86 bits per heavy atom. The average molecular weight is 520 g/mol. The molecule has 2 aromatic carbocycles. The summed E-state index contributed by atoms with van der Waals surface area (Å²) < 4.78 is 49.3. The number of nitrogens with zero attached hydrogens (tertiary/aromatic N) is 1. The number of aromatic nitrogens is 1. The van der Waals surface area contributed by atoms with Gasteiger partial charge in [-0.05, 0) is 42.7 Å². The SMILES string of the molecule is COC(=O)c1[nH]c2cc(OC)ccc2c1NC(=O)CCN1CCC(O)(c2cccc(C(F)(F)F)c2)CC1. The lowest BCUT2D eigenvalue weighted by molar-refractivity contribution is -0.137. The molecule has 2 heterocycles. The van der Waals surface area contributed by atoms with E-state index in [1.54, 1.807) is 18.2 Å². The second-order valence-corrected chi connectivity index (χ2v) is 9.03. The van der Waals surface area contributed by atoms with Crippen molar-refractivity contribution in [1.82, 2.24) is 9.88 Å². The van der Waals surface area contributed by atoms with Gasteiger partial charge in [0.1, 0.15) is 11.4 Å². The fraction of sp³-hybridized carbons (Fsp3) is 0.385. The Morgan fingerprint density at radius 1 is 1.14 bits per heavy atom. The monoisotopic (exact) mass is 519 g/mol. The minimum atomic E-state index is -4.48. The number of aromatic amines is 1. The maximum Gasteiger partial charge on any atom is 0.416 e. The molecule has 0 aliphatic carbocycles. The van der Waals surface area contributed by atoms with E-state index in [4.69, 9.17) is 9.47 Å². The lowest BCUT2D eigenvalue weighted by Crippen LogP contribution is -2.43. The molecule has 3 aromatic rings. The Morgan fingerprint density at radius 3 is 2.51 bits per heavy atom. The summed E-state index contributed by atoms with van der Waals surface area (Å²) in [5.74, 6) is -0.366.